The maximum Gasteiger partial charge on any atom is 0.234 e. The largest absolute Gasteiger partial charge is 0.382 e. The minimum Gasteiger partial charge on any atom is -0.382 e. The van der Waals surface area contributed by atoms with Gasteiger partial charge in [-0.2, -0.15) is 0 Å². The van der Waals surface area contributed by atoms with Crippen molar-refractivity contribution < 1.29 is 14.0 Å². The zero-order chi connectivity index (χ0) is 19.9. The number of thioether (sulfide) groups is 1. The van der Waals surface area contributed by atoms with Crippen LogP contribution in [0.25, 0.3) is 0 Å². The summed E-state index contributed by atoms with van der Waals surface area (Å²) in [7, 11) is 0. The van der Waals surface area contributed by atoms with Crippen LogP contribution in [-0.4, -0.2) is 23.5 Å². The highest BCUT2D eigenvalue weighted by Gasteiger charge is 2.13. The first-order valence-electron chi connectivity index (χ1n) is 9.61. The standard InChI is InChI=1S/C22H25FN2O2S/c1-15(26)16-7-12-21(20(23)13-16)28-14-22(27)25-19-10-8-18(9-11-19)24-17-5-3-2-4-6-17/h7-13,17,24H,2-6,14H2,1H3,(H,25,27). The summed E-state index contributed by atoms with van der Waals surface area (Å²) in [6.07, 6.45) is 6.30. The Bertz CT molecular complexity index is 833. The average molecular weight is 401 g/mol. The molecular formula is C22H25FN2O2S. The molecule has 1 saturated carbocycles. The third-order valence-electron chi connectivity index (χ3n) is 4.84. The van der Waals surface area contributed by atoms with Gasteiger partial charge in [0.25, 0.3) is 0 Å². The van der Waals surface area contributed by atoms with Gasteiger partial charge in [-0.15, -0.1) is 11.8 Å². The summed E-state index contributed by atoms with van der Waals surface area (Å²) in [5.41, 5.74) is 2.10. The third kappa shape index (κ3) is 5.83. The van der Waals surface area contributed by atoms with Crippen molar-refractivity contribution in [1.29, 1.82) is 0 Å². The molecule has 0 atom stereocenters. The molecule has 0 unspecified atom stereocenters. The summed E-state index contributed by atoms with van der Waals surface area (Å²) >= 11 is 1.11. The fourth-order valence-corrected chi connectivity index (χ4v) is 4.03. The van der Waals surface area contributed by atoms with Crippen LogP contribution in [0.2, 0.25) is 0 Å². The molecule has 0 spiro atoms. The number of hydrogen-bond donors (Lipinski definition) is 2. The Morgan fingerprint density at radius 2 is 1.71 bits per heavy atom. The van der Waals surface area contributed by atoms with Gasteiger partial charge in [0, 0.05) is 27.9 Å². The normalized spacial score (nSPS) is 14.5. The van der Waals surface area contributed by atoms with Crippen LogP contribution in [0.1, 0.15) is 49.4 Å². The highest BCUT2D eigenvalue weighted by atomic mass is 32.2. The van der Waals surface area contributed by atoms with Crippen molar-refractivity contribution in [3.8, 4) is 0 Å². The summed E-state index contributed by atoms with van der Waals surface area (Å²) in [6.45, 7) is 1.39. The molecule has 0 aromatic heterocycles. The van der Waals surface area contributed by atoms with E-state index in [1.165, 1.54) is 51.2 Å². The molecular weight excluding hydrogens is 375 g/mol. The van der Waals surface area contributed by atoms with Gasteiger partial charge in [-0.1, -0.05) is 25.3 Å². The predicted octanol–water partition coefficient (Wildman–Crippen LogP) is 5.50. The number of anilines is 2. The Morgan fingerprint density at radius 1 is 1.04 bits per heavy atom. The van der Waals surface area contributed by atoms with Crippen LogP contribution in [0.3, 0.4) is 0 Å². The van der Waals surface area contributed by atoms with E-state index in [-0.39, 0.29) is 17.4 Å². The van der Waals surface area contributed by atoms with Gasteiger partial charge >= 0.3 is 0 Å². The number of carbonyl (C=O) groups is 2. The maximum absolute atomic E-state index is 14.0. The van der Waals surface area contributed by atoms with E-state index in [0.717, 1.165) is 17.4 Å². The first-order chi connectivity index (χ1) is 13.5. The maximum atomic E-state index is 14.0. The molecule has 2 aromatic rings. The van der Waals surface area contributed by atoms with Gasteiger partial charge in [-0.3, -0.25) is 9.59 Å². The van der Waals surface area contributed by atoms with Gasteiger partial charge in [0.1, 0.15) is 5.82 Å². The first-order valence-corrected chi connectivity index (χ1v) is 10.6. The number of ketones is 1. The van der Waals surface area contributed by atoms with Crippen LogP contribution in [0.15, 0.2) is 47.4 Å². The van der Waals surface area contributed by atoms with Gasteiger partial charge in [0.15, 0.2) is 5.78 Å². The SMILES string of the molecule is CC(=O)c1ccc(SCC(=O)Nc2ccc(NC3CCCCC3)cc2)c(F)c1. The molecule has 148 valence electrons. The van der Waals surface area contributed by atoms with E-state index in [9.17, 15) is 14.0 Å². The molecule has 0 saturated heterocycles. The molecule has 0 radical (unpaired) electrons. The number of rotatable bonds is 7. The molecule has 0 aliphatic heterocycles. The summed E-state index contributed by atoms with van der Waals surface area (Å²) in [6, 6.07) is 12.5. The molecule has 3 rings (SSSR count). The zero-order valence-corrected chi connectivity index (χ0v) is 16.8. The summed E-state index contributed by atoms with van der Waals surface area (Å²) in [4.78, 5) is 23.8. The number of Topliss-reactive ketones (excluding diaryl/α,β-unsaturated/α-hetero) is 1. The van der Waals surface area contributed by atoms with Crippen molar-refractivity contribution in [3.05, 3.63) is 53.8 Å². The van der Waals surface area contributed by atoms with Gasteiger partial charge in [-0.05, 0) is 56.2 Å². The topological polar surface area (TPSA) is 58.2 Å². The highest BCUT2D eigenvalue weighted by Crippen LogP contribution is 2.24. The van der Waals surface area contributed by atoms with Crippen molar-refractivity contribution in [2.24, 2.45) is 0 Å². The second-order valence-corrected chi connectivity index (χ2v) is 8.11. The lowest BCUT2D eigenvalue weighted by Gasteiger charge is -2.23. The minimum atomic E-state index is -0.483. The number of amides is 1. The minimum absolute atomic E-state index is 0.0956. The molecule has 0 bridgehead atoms. The van der Waals surface area contributed by atoms with E-state index in [1.807, 2.05) is 24.3 Å². The molecule has 28 heavy (non-hydrogen) atoms. The van der Waals surface area contributed by atoms with E-state index >= 15 is 0 Å². The van der Waals surface area contributed by atoms with Crippen molar-refractivity contribution in [1.82, 2.24) is 0 Å². The third-order valence-corrected chi connectivity index (χ3v) is 5.89. The van der Waals surface area contributed by atoms with Crippen molar-refractivity contribution in [2.75, 3.05) is 16.4 Å². The lowest BCUT2D eigenvalue weighted by atomic mass is 9.95. The van der Waals surface area contributed by atoms with E-state index in [4.69, 9.17) is 0 Å². The number of hydrogen-bond acceptors (Lipinski definition) is 4. The molecule has 4 nitrogen and oxygen atoms in total. The molecule has 6 heteroatoms. The number of halogens is 1. The Balaban J connectivity index is 1.48. The van der Waals surface area contributed by atoms with E-state index in [0.29, 0.717) is 22.2 Å². The molecule has 2 N–H and O–H groups in total. The van der Waals surface area contributed by atoms with E-state index in [2.05, 4.69) is 10.6 Å². The second-order valence-electron chi connectivity index (χ2n) is 7.09. The molecule has 2 aromatic carbocycles. The van der Waals surface area contributed by atoms with Crippen LogP contribution in [0.5, 0.6) is 0 Å². The van der Waals surface area contributed by atoms with Crippen LogP contribution in [0, 0.1) is 5.82 Å². The van der Waals surface area contributed by atoms with Gasteiger partial charge in [-0.25, -0.2) is 4.39 Å². The highest BCUT2D eigenvalue weighted by molar-refractivity contribution is 8.00. The number of carbonyl (C=O) groups excluding carboxylic acids is 2. The number of benzene rings is 2. The van der Waals surface area contributed by atoms with Crippen molar-refractivity contribution in [2.45, 2.75) is 50.0 Å². The molecule has 1 aliphatic carbocycles. The van der Waals surface area contributed by atoms with E-state index in [1.54, 1.807) is 6.07 Å². The summed E-state index contributed by atoms with van der Waals surface area (Å²) < 4.78 is 14.0. The smallest absolute Gasteiger partial charge is 0.234 e. The Morgan fingerprint density at radius 3 is 2.36 bits per heavy atom. The summed E-state index contributed by atoms with van der Waals surface area (Å²) in [5.74, 6) is -0.774. The van der Waals surface area contributed by atoms with Crippen LogP contribution in [-0.2, 0) is 4.79 Å². The van der Waals surface area contributed by atoms with Crippen LogP contribution < -0.4 is 10.6 Å². The fourth-order valence-electron chi connectivity index (χ4n) is 3.31. The number of nitrogens with one attached hydrogen (secondary N) is 2. The Labute approximate surface area is 169 Å². The van der Waals surface area contributed by atoms with Crippen LogP contribution in [0.4, 0.5) is 15.8 Å². The van der Waals surface area contributed by atoms with Crippen LogP contribution >= 0.6 is 11.8 Å². The monoisotopic (exact) mass is 400 g/mol. The van der Waals surface area contributed by atoms with E-state index < -0.39 is 5.82 Å². The van der Waals surface area contributed by atoms with Gasteiger partial charge < -0.3 is 10.6 Å². The quantitative estimate of drug-likeness (QED) is 0.476. The fraction of sp³-hybridized carbons (Fsp3) is 0.364. The predicted molar refractivity (Wildman–Crippen MR) is 113 cm³/mol. The Kier molecular flexibility index (Phi) is 7.09. The lowest BCUT2D eigenvalue weighted by molar-refractivity contribution is -0.113. The molecule has 1 fully saturated rings. The van der Waals surface area contributed by atoms with Crippen molar-refractivity contribution in [3.63, 3.8) is 0 Å². The van der Waals surface area contributed by atoms with Crippen molar-refractivity contribution >= 4 is 34.8 Å². The summed E-state index contributed by atoms with van der Waals surface area (Å²) in [5, 5.41) is 6.37. The lowest BCUT2D eigenvalue weighted by Crippen LogP contribution is -2.22. The average Bonchev–Trinajstić information content (AvgIpc) is 2.69. The Hall–Kier alpha value is -2.34. The first kappa shape index (κ1) is 20.4. The van der Waals surface area contributed by atoms with Gasteiger partial charge in [0.2, 0.25) is 5.91 Å². The molecule has 0 heterocycles. The zero-order valence-electron chi connectivity index (χ0n) is 16.0. The molecule has 1 amide bonds. The molecule has 1 aliphatic rings. The second kappa shape index (κ2) is 9.73. The van der Waals surface area contributed by atoms with Gasteiger partial charge in [0.05, 0.1) is 5.75 Å².